The first-order chi connectivity index (χ1) is 14.3. The molecule has 154 valence electrons. The third kappa shape index (κ3) is 3.26. The van der Waals surface area contributed by atoms with Gasteiger partial charge >= 0.3 is 0 Å². The number of hydrogen-bond donors (Lipinski definition) is 0. The van der Waals surface area contributed by atoms with Crippen molar-refractivity contribution in [3.63, 3.8) is 0 Å². The molecule has 30 heavy (non-hydrogen) atoms. The van der Waals surface area contributed by atoms with Crippen LogP contribution in [0.1, 0.15) is 27.2 Å². The molecule has 1 amide bonds. The van der Waals surface area contributed by atoms with Crippen LogP contribution in [0.3, 0.4) is 0 Å². The number of nitrogens with zero attached hydrogens (tertiary/aromatic N) is 3. The van der Waals surface area contributed by atoms with Crippen LogP contribution in [0.25, 0.3) is 0 Å². The van der Waals surface area contributed by atoms with Crippen LogP contribution in [0, 0.1) is 32.4 Å². The monoisotopic (exact) mass is 409 g/mol. The van der Waals surface area contributed by atoms with Crippen LogP contribution in [0.5, 0.6) is 5.88 Å². The fourth-order valence-electron chi connectivity index (χ4n) is 3.73. The quantitative estimate of drug-likeness (QED) is 0.607. The average molecular weight is 409 g/mol. The number of rotatable bonds is 3. The minimum atomic E-state index is -0.454. The summed E-state index contributed by atoms with van der Waals surface area (Å²) in [5, 5.41) is 0. The Morgan fingerprint density at radius 1 is 0.900 bits per heavy atom. The van der Waals surface area contributed by atoms with Crippen molar-refractivity contribution >= 4 is 23.0 Å². The molecule has 5 nitrogen and oxygen atoms in total. The maximum absolute atomic E-state index is 14.4. The van der Waals surface area contributed by atoms with E-state index < -0.39 is 5.82 Å². The highest BCUT2D eigenvalue weighted by Crippen LogP contribution is 2.39. The van der Waals surface area contributed by atoms with Gasteiger partial charge in [0, 0.05) is 11.8 Å². The molecule has 0 saturated heterocycles. The molecule has 0 bridgehead atoms. The molecule has 0 aliphatic carbocycles. The molecule has 4 rings (SSSR count). The van der Waals surface area contributed by atoms with Crippen molar-refractivity contribution in [3.8, 4) is 5.88 Å². The topological polar surface area (TPSA) is 45.7 Å². The van der Waals surface area contributed by atoms with E-state index in [1.54, 1.807) is 49.9 Å². The fraction of sp³-hybridized carbons (Fsp3) is 0.217. The van der Waals surface area contributed by atoms with Crippen molar-refractivity contribution in [2.75, 3.05) is 23.6 Å². The van der Waals surface area contributed by atoms with Crippen LogP contribution in [0.2, 0.25) is 0 Å². The van der Waals surface area contributed by atoms with Gasteiger partial charge in [-0.15, -0.1) is 0 Å². The lowest BCUT2D eigenvalue weighted by Crippen LogP contribution is -2.45. The van der Waals surface area contributed by atoms with E-state index >= 15 is 0 Å². The van der Waals surface area contributed by atoms with E-state index in [-0.39, 0.29) is 24.0 Å². The number of methoxy groups -OCH3 is 1. The van der Waals surface area contributed by atoms with Crippen molar-refractivity contribution in [1.82, 2.24) is 4.98 Å². The van der Waals surface area contributed by atoms with E-state index in [9.17, 15) is 13.6 Å². The third-order valence-electron chi connectivity index (χ3n) is 5.31. The van der Waals surface area contributed by atoms with Gasteiger partial charge in [0.25, 0.3) is 5.91 Å². The number of aromatic nitrogens is 1. The first-order valence-electron chi connectivity index (χ1n) is 9.47. The minimum Gasteiger partial charge on any atom is -0.481 e. The molecule has 7 heteroatoms. The Labute approximate surface area is 173 Å². The van der Waals surface area contributed by atoms with Gasteiger partial charge < -0.3 is 9.64 Å². The largest absolute Gasteiger partial charge is 0.481 e. The van der Waals surface area contributed by atoms with Gasteiger partial charge in [-0.05, 0) is 68.3 Å². The maximum Gasteiger partial charge on any atom is 0.262 e. The molecular formula is C23H21F2N3O2. The normalized spacial score (nSPS) is 13.5. The molecule has 0 spiro atoms. The molecule has 0 atom stereocenters. The van der Waals surface area contributed by atoms with Gasteiger partial charge in [-0.25, -0.2) is 13.8 Å². The maximum atomic E-state index is 14.4. The second-order valence-electron chi connectivity index (χ2n) is 7.31. The summed E-state index contributed by atoms with van der Waals surface area (Å²) in [6.45, 7) is 5.41. The van der Waals surface area contributed by atoms with E-state index in [4.69, 9.17) is 4.74 Å². The van der Waals surface area contributed by atoms with Gasteiger partial charge in [0.05, 0.1) is 29.7 Å². The van der Waals surface area contributed by atoms with E-state index in [1.165, 1.54) is 25.3 Å². The lowest BCUT2D eigenvalue weighted by atomic mass is 10.0. The molecule has 0 radical (unpaired) electrons. The molecule has 3 aromatic rings. The second kappa shape index (κ2) is 7.40. The fourth-order valence-corrected chi connectivity index (χ4v) is 3.73. The van der Waals surface area contributed by atoms with Crippen LogP contribution in [-0.4, -0.2) is 24.7 Å². The van der Waals surface area contributed by atoms with Crippen molar-refractivity contribution in [3.05, 3.63) is 76.5 Å². The predicted molar refractivity (Wildman–Crippen MR) is 112 cm³/mol. The molecule has 1 aromatic heterocycles. The Kier molecular flexibility index (Phi) is 4.89. The van der Waals surface area contributed by atoms with Gasteiger partial charge in [0.1, 0.15) is 18.3 Å². The zero-order valence-corrected chi connectivity index (χ0v) is 17.2. The second-order valence-corrected chi connectivity index (χ2v) is 7.31. The molecule has 0 saturated carbocycles. The summed E-state index contributed by atoms with van der Waals surface area (Å²) in [6, 6.07) is 10.8. The highest BCUT2D eigenvalue weighted by molar-refractivity contribution is 6.13. The highest BCUT2D eigenvalue weighted by Gasteiger charge is 2.33. The Bertz CT molecular complexity index is 1160. The van der Waals surface area contributed by atoms with Crippen LogP contribution in [-0.2, 0) is 0 Å². The predicted octanol–water partition coefficient (Wildman–Crippen LogP) is 5.05. The smallest absolute Gasteiger partial charge is 0.262 e. The van der Waals surface area contributed by atoms with Gasteiger partial charge in [0.15, 0.2) is 0 Å². The molecule has 0 N–H and O–H groups in total. The summed E-state index contributed by atoms with van der Waals surface area (Å²) >= 11 is 0. The molecule has 1 aliphatic rings. The minimum absolute atomic E-state index is 0.179. The lowest BCUT2D eigenvalue weighted by molar-refractivity contribution is 0.0982. The van der Waals surface area contributed by atoms with E-state index in [2.05, 4.69) is 4.98 Å². The zero-order valence-electron chi connectivity index (χ0n) is 17.2. The van der Waals surface area contributed by atoms with Gasteiger partial charge in [-0.3, -0.25) is 9.69 Å². The number of benzene rings is 2. The number of aryl methyl sites for hydroxylation is 3. The summed E-state index contributed by atoms with van der Waals surface area (Å²) in [4.78, 5) is 21.1. The van der Waals surface area contributed by atoms with Crippen molar-refractivity contribution in [2.24, 2.45) is 0 Å². The van der Waals surface area contributed by atoms with Gasteiger partial charge in [-0.1, -0.05) is 0 Å². The standard InChI is InChI=1S/C23H21F2N3O2/c1-13-10-21-17(11-18(13)25)23(29)28(20-7-8-22(30-4)26-15(20)3)12-27(21)19-6-5-16(24)9-14(19)2/h5-11H,12H2,1-4H3. The van der Waals surface area contributed by atoms with E-state index in [0.29, 0.717) is 34.1 Å². The van der Waals surface area contributed by atoms with Crippen molar-refractivity contribution in [2.45, 2.75) is 20.8 Å². The zero-order chi connectivity index (χ0) is 21.6. The van der Waals surface area contributed by atoms with Crippen LogP contribution < -0.4 is 14.5 Å². The summed E-state index contributed by atoms with van der Waals surface area (Å²) in [5.41, 5.74) is 3.91. The van der Waals surface area contributed by atoms with Crippen LogP contribution in [0.4, 0.5) is 25.8 Å². The SMILES string of the molecule is COc1ccc(N2CN(c3ccc(F)cc3C)c3cc(C)c(F)cc3C2=O)c(C)n1. The summed E-state index contributed by atoms with van der Waals surface area (Å²) in [7, 11) is 1.52. The Morgan fingerprint density at radius 2 is 1.63 bits per heavy atom. The van der Waals surface area contributed by atoms with E-state index in [1.807, 2.05) is 4.90 Å². The first-order valence-corrected chi connectivity index (χ1v) is 9.47. The molecule has 2 heterocycles. The average Bonchev–Trinajstić information content (AvgIpc) is 2.71. The number of amides is 1. The summed E-state index contributed by atoms with van der Waals surface area (Å²) in [5.74, 6) is -0.680. The summed E-state index contributed by atoms with van der Waals surface area (Å²) in [6.07, 6.45) is 0. The number of hydrogen-bond acceptors (Lipinski definition) is 4. The first kappa shape index (κ1) is 19.8. The third-order valence-corrected chi connectivity index (χ3v) is 5.31. The van der Waals surface area contributed by atoms with Crippen molar-refractivity contribution < 1.29 is 18.3 Å². The Hall–Kier alpha value is -3.48. The Morgan fingerprint density at radius 3 is 2.30 bits per heavy atom. The number of fused-ring (bicyclic) bond motifs is 1. The summed E-state index contributed by atoms with van der Waals surface area (Å²) < 4.78 is 33.2. The number of ether oxygens (including phenoxy) is 1. The lowest BCUT2D eigenvalue weighted by Gasteiger charge is -2.39. The molecule has 1 aliphatic heterocycles. The molecule has 2 aromatic carbocycles. The molecule has 0 unspecified atom stereocenters. The molecule has 0 fully saturated rings. The van der Waals surface area contributed by atoms with E-state index in [0.717, 1.165) is 5.69 Å². The number of anilines is 3. The van der Waals surface area contributed by atoms with Crippen LogP contribution in [0.15, 0.2) is 42.5 Å². The number of halogens is 2. The highest BCUT2D eigenvalue weighted by atomic mass is 19.1. The molecular weight excluding hydrogens is 388 g/mol. The Balaban J connectivity index is 1.90. The van der Waals surface area contributed by atoms with Crippen LogP contribution >= 0.6 is 0 Å². The number of pyridine rings is 1. The number of carbonyl (C=O) groups is 1. The van der Waals surface area contributed by atoms with Crippen molar-refractivity contribution in [1.29, 1.82) is 0 Å². The number of carbonyl (C=O) groups excluding carboxylic acids is 1. The van der Waals surface area contributed by atoms with Gasteiger partial charge in [-0.2, -0.15) is 0 Å². The van der Waals surface area contributed by atoms with Gasteiger partial charge in [0.2, 0.25) is 5.88 Å².